The van der Waals surface area contributed by atoms with Gasteiger partial charge in [-0.2, -0.15) is 0 Å². The molecule has 1 aromatic rings. The van der Waals surface area contributed by atoms with E-state index in [1.165, 1.54) is 17.5 Å². The molecule has 0 spiro atoms. The number of aliphatic carboxylic acids is 1. The maximum Gasteiger partial charge on any atom is 0.326 e. The van der Waals surface area contributed by atoms with Crippen LogP contribution in [0.5, 0.6) is 0 Å². The number of carboxylic acid groups (broad SMARTS) is 1. The number of carbonyl (C=O) groups excluding carboxylic acids is 2. The fraction of sp³-hybridized carbons (Fsp3) is 0.667. The molecule has 0 bridgehead atoms. The highest BCUT2D eigenvalue weighted by Crippen LogP contribution is 2.35. The first-order valence-corrected chi connectivity index (χ1v) is 12.3. The quantitative estimate of drug-likeness (QED) is 0.541. The van der Waals surface area contributed by atoms with Gasteiger partial charge in [-0.15, -0.1) is 0 Å². The molecule has 190 valence electrons. The zero-order valence-corrected chi connectivity index (χ0v) is 21.8. The van der Waals surface area contributed by atoms with Crippen molar-refractivity contribution in [1.82, 2.24) is 15.1 Å². The Bertz CT molecular complexity index is 824. The van der Waals surface area contributed by atoms with E-state index < -0.39 is 17.4 Å². The molecule has 0 saturated heterocycles. The molecule has 1 aliphatic carbocycles. The van der Waals surface area contributed by atoms with Crippen LogP contribution >= 0.6 is 0 Å². The zero-order chi connectivity index (χ0) is 25.5. The van der Waals surface area contributed by atoms with Gasteiger partial charge in [-0.25, -0.2) is 4.79 Å². The summed E-state index contributed by atoms with van der Waals surface area (Å²) in [4.78, 5) is 40.3. The van der Waals surface area contributed by atoms with E-state index in [0.29, 0.717) is 6.42 Å². The largest absolute Gasteiger partial charge is 0.480 e. The molecule has 1 aliphatic rings. The van der Waals surface area contributed by atoms with Gasteiger partial charge in [0.15, 0.2) is 0 Å². The third-order valence-electron chi connectivity index (χ3n) is 7.24. The Balaban J connectivity index is 1.80. The average Bonchev–Trinajstić information content (AvgIpc) is 2.74. The first-order valence-electron chi connectivity index (χ1n) is 12.3. The smallest absolute Gasteiger partial charge is 0.326 e. The van der Waals surface area contributed by atoms with E-state index in [9.17, 15) is 19.5 Å². The lowest BCUT2D eigenvalue weighted by Crippen LogP contribution is -2.52. The van der Waals surface area contributed by atoms with Gasteiger partial charge in [0.1, 0.15) is 6.04 Å². The van der Waals surface area contributed by atoms with Crippen molar-refractivity contribution in [2.45, 2.75) is 89.8 Å². The fourth-order valence-electron chi connectivity index (χ4n) is 5.19. The minimum Gasteiger partial charge on any atom is -0.480 e. The number of amides is 2. The minimum absolute atomic E-state index is 0.0357. The Morgan fingerprint density at radius 1 is 1.06 bits per heavy atom. The van der Waals surface area contributed by atoms with Crippen molar-refractivity contribution in [3.8, 4) is 0 Å². The highest BCUT2D eigenvalue weighted by atomic mass is 16.4. The maximum atomic E-state index is 12.5. The molecule has 0 heterocycles. The van der Waals surface area contributed by atoms with Gasteiger partial charge in [0.25, 0.3) is 0 Å². The summed E-state index contributed by atoms with van der Waals surface area (Å²) in [5.41, 5.74) is 0.870. The monoisotopic (exact) mass is 473 g/mol. The number of likely N-dealkylation sites (N-methyl/N-ethyl adjacent to an activating group) is 2. The predicted molar refractivity (Wildman–Crippen MR) is 134 cm³/mol. The highest BCUT2D eigenvalue weighted by Gasteiger charge is 2.38. The molecule has 1 saturated carbocycles. The third-order valence-corrected chi connectivity index (χ3v) is 7.24. The normalized spacial score (nSPS) is 21.7. The van der Waals surface area contributed by atoms with E-state index in [1.54, 1.807) is 20.8 Å². The number of benzene rings is 1. The van der Waals surface area contributed by atoms with Crippen LogP contribution in [0.2, 0.25) is 0 Å². The van der Waals surface area contributed by atoms with Gasteiger partial charge in [0.2, 0.25) is 11.8 Å². The Morgan fingerprint density at radius 3 is 2.15 bits per heavy atom. The van der Waals surface area contributed by atoms with Crippen molar-refractivity contribution < 1.29 is 19.5 Å². The summed E-state index contributed by atoms with van der Waals surface area (Å²) in [6.07, 6.45) is 5.76. The molecule has 7 heteroatoms. The molecule has 1 unspecified atom stereocenters. The lowest BCUT2D eigenvalue weighted by Gasteiger charge is -2.45. The van der Waals surface area contributed by atoms with Crippen LogP contribution in [0.25, 0.3) is 0 Å². The van der Waals surface area contributed by atoms with Crippen molar-refractivity contribution in [2.75, 3.05) is 21.1 Å². The van der Waals surface area contributed by atoms with Crippen molar-refractivity contribution >= 4 is 17.8 Å². The number of carboxylic acids is 1. The summed E-state index contributed by atoms with van der Waals surface area (Å²) in [7, 11) is 5.82. The van der Waals surface area contributed by atoms with Crippen LogP contribution in [0.3, 0.4) is 0 Å². The van der Waals surface area contributed by atoms with Crippen molar-refractivity contribution in [2.24, 2.45) is 5.41 Å². The molecule has 34 heavy (non-hydrogen) atoms. The zero-order valence-electron chi connectivity index (χ0n) is 21.8. The van der Waals surface area contributed by atoms with Crippen LogP contribution in [0, 0.1) is 5.41 Å². The molecule has 1 fully saturated rings. The van der Waals surface area contributed by atoms with E-state index in [1.807, 2.05) is 6.07 Å². The van der Waals surface area contributed by atoms with Crippen molar-refractivity contribution in [3.05, 3.63) is 35.9 Å². The average molecular weight is 474 g/mol. The van der Waals surface area contributed by atoms with Gasteiger partial charge < -0.3 is 20.2 Å². The number of hydrogen-bond acceptors (Lipinski definition) is 4. The fourth-order valence-corrected chi connectivity index (χ4v) is 5.19. The topological polar surface area (TPSA) is 90.0 Å². The van der Waals surface area contributed by atoms with Crippen LogP contribution in [-0.4, -0.2) is 71.5 Å². The Morgan fingerprint density at radius 2 is 1.65 bits per heavy atom. The van der Waals surface area contributed by atoms with Gasteiger partial charge >= 0.3 is 5.97 Å². The van der Waals surface area contributed by atoms with Crippen LogP contribution in [-0.2, 0) is 20.8 Å². The molecule has 0 aliphatic heterocycles. The number of nitrogens with zero attached hydrogens (tertiary/aromatic N) is 2. The third kappa shape index (κ3) is 7.55. The summed E-state index contributed by atoms with van der Waals surface area (Å²) in [5.74, 6) is -1.30. The molecule has 1 atom stereocenters. The molecule has 2 rings (SSSR count). The second-order valence-electron chi connectivity index (χ2n) is 11.1. The number of hydrogen-bond donors (Lipinski definition) is 2. The second kappa shape index (κ2) is 11.8. The summed E-state index contributed by atoms with van der Waals surface area (Å²) in [6.45, 7) is 5.41. The predicted octanol–water partition coefficient (Wildman–Crippen LogP) is 3.72. The molecule has 2 amide bonds. The maximum absolute atomic E-state index is 12.5. The van der Waals surface area contributed by atoms with Gasteiger partial charge in [-0.3, -0.25) is 9.59 Å². The summed E-state index contributed by atoms with van der Waals surface area (Å²) in [5, 5.41) is 12.7. The second-order valence-corrected chi connectivity index (χ2v) is 11.1. The summed E-state index contributed by atoms with van der Waals surface area (Å²) in [6, 6.07) is 9.82. The van der Waals surface area contributed by atoms with Crippen LogP contribution in [0.15, 0.2) is 30.3 Å². The van der Waals surface area contributed by atoms with E-state index >= 15 is 0 Å². The Labute approximate surface area is 204 Å². The standard InChI is InChI=1S/C27H43N3O4/c1-26(2,3)24(25(33)34)30(6)23(32)14-10-13-22(31)28-21-15-17-27(18-16-21,29(4)5)19-20-11-8-7-9-12-20/h7-9,11-12,21,24H,10,13-19H2,1-6H3,(H,28,31)(H,33,34). The molecule has 1 aromatic carbocycles. The van der Waals surface area contributed by atoms with E-state index in [4.69, 9.17) is 0 Å². The number of nitrogens with one attached hydrogen (secondary N) is 1. The molecular weight excluding hydrogens is 430 g/mol. The highest BCUT2D eigenvalue weighted by molar-refractivity contribution is 5.84. The van der Waals surface area contributed by atoms with E-state index in [-0.39, 0.29) is 36.2 Å². The number of carbonyl (C=O) groups is 3. The SMILES string of the molecule is CN(C(=O)CCCC(=O)NC1CCC(Cc2ccccc2)(N(C)C)CC1)C(C(=O)O)C(C)(C)C. The van der Waals surface area contributed by atoms with Crippen LogP contribution < -0.4 is 5.32 Å². The lowest BCUT2D eigenvalue weighted by molar-refractivity contribution is -0.153. The Kier molecular flexibility index (Phi) is 9.68. The molecule has 2 N–H and O–H groups in total. The summed E-state index contributed by atoms with van der Waals surface area (Å²) >= 11 is 0. The van der Waals surface area contributed by atoms with Gasteiger partial charge in [-0.1, -0.05) is 51.1 Å². The van der Waals surface area contributed by atoms with Crippen LogP contribution in [0.1, 0.15) is 71.3 Å². The van der Waals surface area contributed by atoms with Gasteiger partial charge in [-0.05, 0) is 63.6 Å². The van der Waals surface area contributed by atoms with E-state index in [0.717, 1.165) is 32.1 Å². The first kappa shape index (κ1) is 27.8. The molecule has 0 aromatic heterocycles. The first-order chi connectivity index (χ1) is 15.9. The molecule has 7 nitrogen and oxygen atoms in total. The van der Waals surface area contributed by atoms with Crippen molar-refractivity contribution in [1.29, 1.82) is 0 Å². The lowest BCUT2D eigenvalue weighted by atomic mass is 9.75. The van der Waals surface area contributed by atoms with E-state index in [2.05, 4.69) is 48.6 Å². The van der Waals surface area contributed by atoms with Crippen molar-refractivity contribution in [3.63, 3.8) is 0 Å². The Hall–Kier alpha value is -2.41. The van der Waals surface area contributed by atoms with Gasteiger partial charge in [0, 0.05) is 31.5 Å². The molecular formula is C27H43N3O4. The minimum atomic E-state index is -1.01. The van der Waals surface area contributed by atoms with Gasteiger partial charge in [0.05, 0.1) is 0 Å². The summed E-state index contributed by atoms with van der Waals surface area (Å²) < 4.78 is 0. The molecule has 0 radical (unpaired) electrons. The number of rotatable bonds is 10. The van der Waals surface area contributed by atoms with Crippen LogP contribution in [0.4, 0.5) is 0 Å².